The third-order valence-electron chi connectivity index (χ3n) is 5.03. The molecule has 24 heavy (non-hydrogen) atoms. The molecule has 5 nitrogen and oxygen atoms in total. The van der Waals surface area contributed by atoms with Crippen molar-refractivity contribution in [1.29, 1.82) is 0 Å². The average molecular weight is 322 g/mol. The molecule has 0 amide bonds. The van der Waals surface area contributed by atoms with E-state index in [4.69, 9.17) is 4.74 Å². The molecule has 1 aliphatic heterocycles. The molecule has 3 atom stereocenters. The van der Waals surface area contributed by atoms with Crippen LogP contribution in [-0.4, -0.2) is 12.0 Å². The van der Waals surface area contributed by atoms with Crippen LogP contribution in [0.5, 0.6) is 5.75 Å². The van der Waals surface area contributed by atoms with Gasteiger partial charge in [-0.15, -0.1) is 0 Å². The fourth-order valence-electron chi connectivity index (χ4n) is 3.93. The molecule has 0 aromatic heterocycles. The van der Waals surface area contributed by atoms with Crippen molar-refractivity contribution < 1.29 is 9.66 Å². The maximum Gasteiger partial charge on any atom is 0.269 e. The van der Waals surface area contributed by atoms with Crippen LogP contribution in [0.4, 0.5) is 11.4 Å². The van der Waals surface area contributed by atoms with E-state index in [0.717, 1.165) is 29.0 Å². The number of hydrogen-bond donors (Lipinski definition) is 1. The molecule has 0 radical (unpaired) electrons. The lowest BCUT2D eigenvalue weighted by atomic mass is 9.76. The van der Waals surface area contributed by atoms with Gasteiger partial charge in [-0.05, 0) is 30.0 Å². The summed E-state index contributed by atoms with van der Waals surface area (Å²) in [5.41, 5.74) is 3.24. The average Bonchev–Trinajstić information content (AvgIpc) is 3.10. The van der Waals surface area contributed by atoms with Gasteiger partial charge in [0.2, 0.25) is 0 Å². The van der Waals surface area contributed by atoms with Crippen molar-refractivity contribution >= 4 is 11.4 Å². The highest BCUT2D eigenvalue weighted by Crippen LogP contribution is 2.51. The number of fused-ring (bicyclic) bond motifs is 3. The molecule has 4 rings (SSSR count). The van der Waals surface area contributed by atoms with Gasteiger partial charge in [-0.2, -0.15) is 0 Å². The van der Waals surface area contributed by atoms with Crippen LogP contribution in [0.2, 0.25) is 0 Å². The van der Waals surface area contributed by atoms with Gasteiger partial charge in [-0.25, -0.2) is 0 Å². The summed E-state index contributed by atoms with van der Waals surface area (Å²) in [6.07, 6.45) is 5.30. The Labute approximate surface area is 140 Å². The van der Waals surface area contributed by atoms with Crippen LogP contribution in [0.25, 0.3) is 0 Å². The second-order valence-electron chi connectivity index (χ2n) is 6.25. The summed E-state index contributed by atoms with van der Waals surface area (Å²) in [6, 6.07) is 13.2. The molecule has 0 bridgehead atoms. The highest BCUT2D eigenvalue weighted by molar-refractivity contribution is 5.63. The molecule has 0 fully saturated rings. The monoisotopic (exact) mass is 322 g/mol. The number of rotatable bonds is 3. The lowest BCUT2D eigenvalue weighted by Gasteiger charge is -2.37. The van der Waals surface area contributed by atoms with Gasteiger partial charge in [-0.3, -0.25) is 10.1 Å². The zero-order chi connectivity index (χ0) is 16.7. The Hall–Kier alpha value is -2.82. The molecule has 0 saturated carbocycles. The summed E-state index contributed by atoms with van der Waals surface area (Å²) >= 11 is 0. The summed E-state index contributed by atoms with van der Waals surface area (Å²) in [6.45, 7) is 0. The minimum atomic E-state index is -0.333. The predicted molar refractivity (Wildman–Crippen MR) is 92.4 cm³/mol. The summed E-state index contributed by atoms with van der Waals surface area (Å²) in [7, 11) is 1.68. The van der Waals surface area contributed by atoms with E-state index in [1.807, 2.05) is 24.3 Å². The van der Waals surface area contributed by atoms with Crippen LogP contribution < -0.4 is 10.1 Å². The lowest BCUT2D eigenvalue weighted by molar-refractivity contribution is -0.384. The van der Waals surface area contributed by atoms with Crippen molar-refractivity contribution in [3.8, 4) is 5.75 Å². The molecular weight excluding hydrogens is 304 g/mol. The molecule has 1 heterocycles. The standard InChI is InChI=1S/C19H18N2O3/c1-24-18-8-3-2-5-15(18)19-14-7-4-6-13(14)16-11-12(21(22)23)9-10-17(16)20-19/h2-6,8-11,13-14,19-20H,7H2,1H3/t13-,14-,19+/m1/s1. The zero-order valence-corrected chi connectivity index (χ0v) is 13.3. The van der Waals surface area contributed by atoms with Crippen molar-refractivity contribution in [2.24, 2.45) is 5.92 Å². The second-order valence-corrected chi connectivity index (χ2v) is 6.25. The van der Waals surface area contributed by atoms with E-state index in [0.29, 0.717) is 5.92 Å². The molecule has 1 aliphatic carbocycles. The molecule has 1 N–H and O–H groups in total. The Morgan fingerprint density at radius 1 is 1.21 bits per heavy atom. The van der Waals surface area contributed by atoms with Crippen molar-refractivity contribution in [1.82, 2.24) is 0 Å². The highest BCUT2D eigenvalue weighted by atomic mass is 16.6. The molecule has 122 valence electrons. The zero-order valence-electron chi connectivity index (χ0n) is 13.3. The van der Waals surface area contributed by atoms with Crippen molar-refractivity contribution in [2.45, 2.75) is 18.4 Å². The number of para-hydroxylation sites is 1. The number of nitro groups is 1. The first-order chi connectivity index (χ1) is 11.7. The molecule has 5 heteroatoms. The predicted octanol–water partition coefficient (Wildman–Crippen LogP) is 4.43. The molecule has 2 aliphatic rings. The number of methoxy groups -OCH3 is 1. The number of benzene rings is 2. The number of hydrogen-bond acceptors (Lipinski definition) is 4. The quantitative estimate of drug-likeness (QED) is 0.516. The Balaban J connectivity index is 1.80. The summed E-state index contributed by atoms with van der Waals surface area (Å²) in [4.78, 5) is 10.8. The molecule has 0 unspecified atom stereocenters. The van der Waals surface area contributed by atoms with E-state index in [9.17, 15) is 10.1 Å². The van der Waals surface area contributed by atoms with E-state index in [2.05, 4.69) is 23.5 Å². The third kappa shape index (κ3) is 2.24. The van der Waals surface area contributed by atoms with Crippen LogP contribution in [0, 0.1) is 16.0 Å². The third-order valence-corrected chi connectivity index (χ3v) is 5.03. The van der Waals surface area contributed by atoms with E-state index >= 15 is 0 Å². The van der Waals surface area contributed by atoms with E-state index in [1.54, 1.807) is 19.2 Å². The maximum absolute atomic E-state index is 11.1. The fourth-order valence-corrected chi connectivity index (χ4v) is 3.93. The van der Waals surface area contributed by atoms with Crippen LogP contribution in [0.3, 0.4) is 0 Å². The van der Waals surface area contributed by atoms with Crippen molar-refractivity contribution in [3.05, 3.63) is 75.9 Å². The van der Waals surface area contributed by atoms with Crippen molar-refractivity contribution in [2.75, 3.05) is 12.4 Å². The smallest absolute Gasteiger partial charge is 0.269 e. The minimum Gasteiger partial charge on any atom is -0.496 e. The summed E-state index contributed by atoms with van der Waals surface area (Å²) in [5, 5.41) is 14.7. The van der Waals surface area contributed by atoms with E-state index < -0.39 is 0 Å². The van der Waals surface area contributed by atoms with Gasteiger partial charge in [0.15, 0.2) is 0 Å². The highest BCUT2D eigenvalue weighted by Gasteiger charge is 2.39. The van der Waals surface area contributed by atoms with Crippen LogP contribution in [-0.2, 0) is 0 Å². The molecule has 0 saturated heterocycles. The molecule has 0 spiro atoms. The Bertz CT molecular complexity index is 831. The van der Waals surface area contributed by atoms with Crippen LogP contribution >= 0.6 is 0 Å². The first kappa shape index (κ1) is 14.8. The van der Waals surface area contributed by atoms with E-state index in [1.165, 1.54) is 0 Å². The van der Waals surface area contributed by atoms with Gasteiger partial charge in [-0.1, -0.05) is 30.4 Å². The number of anilines is 1. The number of allylic oxidation sites excluding steroid dienone is 2. The largest absolute Gasteiger partial charge is 0.496 e. The van der Waals surface area contributed by atoms with Gasteiger partial charge < -0.3 is 10.1 Å². The fraction of sp³-hybridized carbons (Fsp3) is 0.263. The van der Waals surface area contributed by atoms with Crippen molar-refractivity contribution in [3.63, 3.8) is 0 Å². The molecular formula is C19H18N2O3. The van der Waals surface area contributed by atoms with Gasteiger partial charge in [0.25, 0.3) is 5.69 Å². The Morgan fingerprint density at radius 3 is 2.83 bits per heavy atom. The van der Waals surface area contributed by atoms with Gasteiger partial charge in [0, 0.05) is 29.3 Å². The number of nitrogens with one attached hydrogen (secondary N) is 1. The molecule has 2 aromatic carbocycles. The number of non-ortho nitro benzene ring substituents is 1. The number of nitrogens with zero attached hydrogens (tertiary/aromatic N) is 1. The first-order valence-electron chi connectivity index (χ1n) is 8.03. The summed E-state index contributed by atoms with van der Waals surface area (Å²) in [5.74, 6) is 1.39. The lowest BCUT2D eigenvalue weighted by Crippen LogP contribution is -2.29. The molecule has 2 aromatic rings. The number of ether oxygens (including phenoxy) is 1. The van der Waals surface area contributed by atoms with Gasteiger partial charge in [0.1, 0.15) is 5.75 Å². The Morgan fingerprint density at radius 2 is 2.04 bits per heavy atom. The second kappa shape index (κ2) is 5.67. The van der Waals surface area contributed by atoms with Gasteiger partial charge in [0.05, 0.1) is 18.1 Å². The first-order valence-corrected chi connectivity index (χ1v) is 8.03. The Kier molecular flexibility index (Phi) is 3.49. The van der Waals surface area contributed by atoms with Gasteiger partial charge >= 0.3 is 0 Å². The summed E-state index contributed by atoms with van der Waals surface area (Å²) < 4.78 is 5.54. The normalized spacial score (nSPS) is 24.0. The van der Waals surface area contributed by atoms with Crippen LogP contribution in [0.1, 0.15) is 29.5 Å². The van der Waals surface area contributed by atoms with E-state index in [-0.39, 0.29) is 22.6 Å². The SMILES string of the molecule is COc1ccccc1[C@H]1Nc2ccc([N+](=O)[O-])cc2[C@@H]2C=CC[C@@H]12. The topological polar surface area (TPSA) is 64.4 Å². The number of nitro benzene ring substituents is 1. The van der Waals surface area contributed by atoms with Crippen LogP contribution in [0.15, 0.2) is 54.6 Å². The maximum atomic E-state index is 11.1. The minimum absolute atomic E-state index is 0.120.